The molecule has 0 aliphatic carbocycles. The van der Waals surface area contributed by atoms with Crippen molar-refractivity contribution in [2.75, 3.05) is 6.54 Å². The van der Waals surface area contributed by atoms with E-state index >= 15 is 0 Å². The smallest absolute Gasteiger partial charge is 0.266 e. The molecule has 1 aromatic carbocycles. The van der Waals surface area contributed by atoms with Gasteiger partial charge >= 0.3 is 0 Å². The van der Waals surface area contributed by atoms with Gasteiger partial charge in [-0.15, -0.1) is 10.2 Å². The number of nitrogens with one attached hydrogen (secondary N) is 1. The number of nitrogens with zero attached hydrogens (tertiary/aromatic N) is 3. The van der Waals surface area contributed by atoms with Gasteiger partial charge in [-0.3, -0.25) is 4.98 Å². The van der Waals surface area contributed by atoms with Crippen LogP contribution >= 0.6 is 0 Å². The lowest BCUT2D eigenvalue weighted by molar-refractivity contribution is 0.444. The number of benzene rings is 1. The maximum atomic E-state index is 5.79. The second-order valence-electron chi connectivity index (χ2n) is 4.56. The van der Waals surface area contributed by atoms with Crippen LogP contribution in [0.25, 0.3) is 11.6 Å². The van der Waals surface area contributed by atoms with E-state index < -0.39 is 0 Å². The third-order valence-corrected chi connectivity index (χ3v) is 3.11. The lowest BCUT2D eigenvalue weighted by Crippen LogP contribution is -2.22. The first-order valence-corrected chi connectivity index (χ1v) is 6.91. The summed E-state index contributed by atoms with van der Waals surface area (Å²) in [4.78, 5) is 4.22. The van der Waals surface area contributed by atoms with Crippen molar-refractivity contribution in [3.05, 3.63) is 66.2 Å². The summed E-state index contributed by atoms with van der Waals surface area (Å²) in [5.41, 5.74) is 1.77. The van der Waals surface area contributed by atoms with E-state index in [2.05, 4.69) is 20.5 Å². The van der Waals surface area contributed by atoms with E-state index in [0.717, 1.165) is 12.1 Å². The maximum absolute atomic E-state index is 5.79. The highest BCUT2D eigenvalue weighted by molar-refractivity contribution is 5.45. The lowest BCUT2D eigenvalue weighted by Gasteiger charge is -2.13. The van der Waals surface area contributed by atoms with Crippen LogP contribution in [0.4, 0.5) is 0 Å². The number of rotatable bonds is 5. The zero-order chi connectivity index (χ0) is 14.5. The zero-order valence-corrected chi connectivity index (χ0v) is 11.7. The van der Waals surface area contributed by atoms with Crippen LogP contribution in [0.15, 0.2) is 59.1 Å². The van der Waals surface area contributed by atoms with Gasteiger partial charge in [-0.2, -0.15) is 0 Å². The van der Waals surface area contributed by atoms with Crippen molar-refractivity contribution in [3.8, 4) is 11.6 Å². The monoisotopic (exact) mass is 280 g/mol. The Labute approximate surface area is 123 Å². The highest BCUT2D eigenvalue weighted by Crippen LogP contribution is 2.23. The third-order valence-electron chi connectivity index (χ3n) is 3.11. The second kappa shape index (κ2) is 6.28. The summed E-state index contributed by atoms with van der Waals surface area (Å²) in [6, 6.07) is 15.5. The average molecular weight is 280 g/mol. The summed E-state index contributed by atoms with van der Waals surface area (Å²) >= 11 is 0. The van der Waals surface area contributed by atoms with Crippen LogP contribution < -0.4 is 5.32 Å². The fraction of sp³-hybridized carbons (Fsp3) is 0.188. The van der Waals surface area contributed by atoms with Crippen LogP contribution in [-0.2, 0) is 0 Å². The van der Waals surface area contributed by atoms with Gasteiger partial charge in [-0.1, -0.05) is 43.3 Å². The van der Waals surface area contributed by atoms with Gasteiger partial charge in [0.2, 0.25) is 5.89 Å². The van der Waals surface area contributed by atoms with Crippen LogP contribution in [0.3, 0.4) is 0 Å². The van der Waals surface area contributed by atoms with Gasteiger partial charge in [-0.05, 0) is 24.2 Å². The van der Waals surface area contributed by atoms with E-state index in [1.807, 2.05) is 55.5 Å². The Morgan fingerprint density at radius 1 is 1.05 bits per heavy atom. The summed E-state index contributed by atoms with van der Waals surface area (Å²) in [7, 11) is 0. The zero-order valence-electron chi connectivity index (χ0n) is 11.7. The lowest BCUT2D eigenvalue weighted by atomic mass is 10.1. The summed E-state index contributed by atoms with van der Waals surface area (Å²) < 4.78 is 5.79. The summed E-state index contributed by atoms with van der Waals surface area (Å²) in [5, 5.41) is 11.6. The molecule has 2 heterocycles. The standard InChI is InChI=1S/C16H16N4O/c1-2-17-14(12-8-4-3-5-9-12)16-20-19-15(21-16)13-10-6-7-11-18-13/h3-11,14,17H,2H2,1H3. The van der Waals surface area contributed by atoms with Gasteiger partial charge in [0, 0.05) is 6.20 Å². The summed E-state index contributed by atoms with van der Waals surface area (Å²) in [6.45, 7) is 2.85. The van der Waals surface area contributed by atoms with Crippen molar-refractivity contribution in [1.82, 2.24) is 20.5 Å². The van der Waals surface area contributed by atoms with Crippen molar-refractivity contribution in [3.63, 3.8) is 0 Å². The third kappa shape index (κ3) is 2.98. The molecular formula is C16H16N4O. The quantitative estimate of drug-likeness (QED) is 0.778. The molecule has 1 N–H and O–H groups in total. The topological polar surface area (TPSA) is 63.8 Å². The molecule has 0 bridgehead atoms. The van der Waals surface area contributed by atoms with Gasteiger partial charge in [-0.25, -0.2) is 0 Å². The normalized spacial score (nSPS) is 12.2. The van der Waals surface area contributed by atoms with Crippen LogP contribution in [0.2, 0.25) is 0 Å². The Kier molecular flexibility index (Phi) is 4.02. The Morgan fingerprint density at radius 3 is 2.57 bits per heavy atom. The molecule has 0 radical (unpaired) electrons. The molecule has 5 heteroatoms. The molecule has 0 saturated heterocycles. The predicted octanol–water partition coefficient (Wildman–Crippen LogP) is 2.83. The molecule has 0 saturated carbocycles. The SMILES string of the molecule is CCNC(c1ccccc1)c1nnc(-c2ccccn2)o1. The summed E-state index contributed by atoms with van der Waals surface area (Å²) in [5.74, 6) is 0.980. The Morgan fingerprint density at radius 2 is 1.86 bits per heavy atom. The molecule has 0 amide bonds. The van der Waals surface area contributed by atoms with Crippen LogP contribution in [0.1, 0.15) is 24.4 Å². The minimum absolute atomic E-state index is 0.110. The number of aromatic nitrogens is 3. The molecule has 21 heavy (non-hydrogen) atoms. The van der Waals surface area contributed by atoms with Gasteiger partial charge in [0.15, 0.2) is 0 Å². The van der Waals surface area contributed by atoms with E-state index in [4.69, 9.17) is 4.42 Å². The van der Waals surface area contributed by atoms with Crippen molar-refractivity contribution in [2.24, 2.45) is 0 Å². The molecule has 106 valence electrons. The van der Waals surface area contributed by atoms with Crippen LogP contribution in [0.5, 0.6) is 0 Å². The highest BCUT2D eigenvalue weighted by Gasteiger charge is 2.20. The molecule has 0 fully saturated rings. The molecule has 0 spiro atoms. The number of hydrogen-bond donors (Lipinski definition) is 1. The first-order chi connectivity index (χ1) is 10.4. The molecule has 1 atom stereocenters. The molecule has 1 unspecified atom stereocenters. The average Bonchev–Trinajstić information content (AvgIpc) is 3.04. The molecule has 3 aromatic rings. The Bertz CT molecular complexity index is 682. The fourth-order valence-corrected chi connectivity index (χ4v) is 2.14. The summed E-state index contributed by atoms with van der Waals surface area (Å²) in [6.07, 6.45) is 1.71. The van der Waals surface area contributed by atoms with Gasteiger partial charge in [0.1, 0.15) is 11.7 Å². The van der Waals surface area contributed by atoms with Gasteiger partial charge in [0.05, 0.1) is 0 Å². The van der Waals surface area contributed by atoms with E-state index in [-0.39, 0.29) is 6.04 Å². The maximum Gasteiger partial charge on any atom is 0.266 e. The predicted molar refractivity (Wildman–Crippen MR) is 79.5 cm³/mol. The van der Waals surface area contributed by atoms with Crippen molar-refractivity contribution < 1.29 is 4.42 Å². The molecule has 0 aliphatic heterocycles. The largest absolute Gasteiger partial charge is 0.417 e. The first-order valence-electron chi connectivity index (χ1n) is 6.91. The van der Waals surface area contributed by atoms with Crippen molar-refractivity contribution in [1.29, 1.82) is 0 Å². The first kappa shape index (κ1) is 13.5. The molecule has 3 rings (SSSR count). The van der Waals surface area contributed by atoms with Gasteiger partial charge < -0.3 is 9.73 Å². The van der Waals surface area contributed by atoms with Crippen LogP contribution in [0, 0.1) is 0 Å². The Hall–Kier alpha value is -2.53. The molecule has 5 nitrogen and oxygen atoms in total. The second-order valence-corrected chi connectivity index (χ2v) is 4.56. The van der Waals surface area contributed by atoms with E-state index in [0.29, 0.717) is 17.5 Å². The highest BCUT2D eigenvalue weighted by atomic mass is 16.4. The minimum Gasteiger partial charge on any atom is -0.417 e. The van der Waals surface area contributed by atoms with Crippen LogP contribution in [-0.4, -0.2) is 21.7 Å². The fourth-order valence-electron chi connectivity index (χ4n) is 2.14. The number of pyridine rings is 1. The van der Waals surface area contributed by atoms with E-state index in [1.165, 1.54) is 0 Å². The molecule has 2 aromatic heterocycles. The number of hydrogen-bond acceptors (Lipinski definition) is 5. The van der Waals surface area contributed by atoms with Crippen molar-refractivity contribution in [2.45, 2.75) is 13.0 Å². The molecule has 0 aliphatic rings. The van der Waals surface area contributed by atoms with Crippen molar-refractivity contribution >= 4 is 0 Å². The van der Waals surface area contributed by atoms with E-state index in [9.17, 15) is 0 Å². The Balaban J connectivity index is 1.93. The minimum atomic E-state index is -0.110. The molecular weight excluding hydrogens is 264 g/mol. The van der Waals surface area contributed by atoms with Gasteiger partial charge in [0.25, 0.3) is 5.89 Å². The van der Waals surface area contributed by atoms with E-state index in [1.54, 1.807) is 6.20 Å².